The number of likely N-dealkylation sites (N-methyl/N-ethyl adjacent to an activating group) is 1. The Labute approximate surface area is 181 Å². The predicted molar refractivity (Wildman–Crippen MR) is 116 cm³/mol. The Kier molecular flexibility index (Phi) is 4.92. The van der Waals surface area contributed by atoms with Crippen molar-refractivity contribution in [2.45, 2.75) is 38.6 Å². The van der Waals surface area contributed by atoms with E-state index in [1.54, 1.807) is 37.1 Å². The molecule has 0 radical (unpaired) electrons. The van der Waals surface area contributed by atoms with Crippen LogP contribution in [-0.4, -0.2) is 42.1 Å². The number of benzene rings is 2. The van der Waals surface area contributed by atoms with Gasteiger partial charge in [-0.3, -0.25) is 19.3 Å². The second-order valence-corrected chi connectivity index (χ2v) is 8.62. The average molecular weight is 419 g/mol. The zero-order valence-corrected chi connectivity index (χ0v) is 18.1. The number of hydrogen-bond donors (Lipinski definition) is 1. The van der Waals surface area contributed by atoms with Gasteiger partial charge in [0.15, 0.2) is 5.78 Å². The van der Waals surface area contributed by atoms with E-state index in [0.29, 0.717) is 17.0 Å². The van der Waals surface area contributed by atoms with Crippen molar-refractivity contribution in [3.63, 3.8) is 0 Å². The zero-order valence-electron chi connectivity index (χ0n) is 18.1. The topological polar surface area (TPSA) is 86.8 Å². The van der Waals surface area contributed by atoms with Crippen molar-refractivity contribution < 1.29 is 19.2 Å². The molecule has 1 saturated heterocycles. The molecule has 2 aromatic rings. The van der Waals surface area contributed by atoms with Gasteiger partial charge in [-0.25, -0.2) is 4.79 Å². The van der Waals surface area contributed by atoms with Gasteiger partial charge >= 0.3 is 6.03 Å². The van der Waals surface area contributed by atoms with Crippen LogP contribution in [-0.2, 0) is 21.5 Å². The summed E-state index contributed by atoms with van der Waals surface area (Å²) in [6.45, 7) is 5.46. The van der Waals surface area contributed by atoms with Crippen LogP contribution in [0.4, 0.5) is 10.5 Å². The molecule has 0 aliphatic carbocycles. The van der Waals surface area contributed by atoms with E-state index in [1.807, 2.05) is 24.3 Å². The van der Waals surface area contributed by atoms with Gasteiger partial charge in [0.25, 0.3) is 5.91 Å². The fourth-order valence-corrected chi connectivity index (χ4v) is 4.12. The van der Waals surface area contributed by atoms with E-state index in [0.717, 1.165) is 21.7 Å². The first-order chi connectivity index (χ1) is 14.6. The second-order valence-electron chi connectivity index (χ2n) is 8.62. The van der Waals surface area contributed by atoms with Crippen LogP contribution in [0.15, 0.2) is 42.5 Å². The molecule has 1 atom stereocenters. The molecular weight excluding hydrogens is 394 g/mol. The third kappa shape index (κ3) is 3.40. The first-order valence-corrected chi connectivity index (χ1v) is 10.3. The number of carbonyl (C=O) groups excluding carboxylic acids is 4. The summed E-state index contributed by atoms with van der Waals surface area (Å²) in [6, 6.07) is 12.0. The van der Waals surface area contributed by atoms with Crippen molar-refractivity contribution in [3.05, 3.63) is 64.7 Å². The van der Waals surface area contributed by atoms with Crippen molar-refractivity contribution in [2.24, 2.45) is 0 Å². The van der Waals surface area contributed by atoms with E-state index >= 15 is 0 Å². The first-order valence-electron chi connectivity index (χ1n) is 10.3. The molecule has 7 nitrogen and oxygen atoms in total. The lowest BCUT2D eigenvalue weighted by molar-refractivity contribution is -0.130. The zero-order chi connectivity index (χ0) is 22.5. The fraction of sp³-hybridized carbons (Fsp3) is 0.333. The van der Waals surface area contributed by atoms with Gasteiger partial charge in [0.05, 0.1) is 13.0 Å². The highest BCUT2D eigenvalue weighted by Crippen LogP contribution is 2.31. The third-order valence-corrected chi connectivity index (χ3v) is 6.21. The van der Waals surface area contributed by atoms with Gasteiger partial charge in [-0.05, 0) is 47.7 Å². The number of imide groups is 1. The standard InChI is InChI=1S/C24H25N3O4/c1-14(2)15-5-8-18(9-6-15)24(3)22(30)27(23(31)25-24)13-20(28)16-7-10-19-17(11-16)12-21(29)26(19)4/h5-11,14H,12-13H2,1-4H3,(H,25,31)/t24-/m0/s1. The number of nitrogens with one attached hydrogen (secondary N) is 1. The minimum Gasteiger partial charge on any atom is -0.319 e. The molecule has 2 aromatic carbocycles. The molecule has 2 aliphatic rings. The van der Waals surface area contributed by atoms with Gasteiger partial charge < -0.3 is 10.2 Å². The summed E-state index contributed by atoms with van der Waals surface area (Å²) >= 11 is 0. The molecule has 2 aliphatic heterocycles. The maximum atomic E-state index is 13.1. The minimum absolute atomic E-state index is 0.0343. The Morgan fingerprint density at radius 3 is 2.42 bits per heavy atom. The lowest BCUT2D eigenvalue weighted by Gasteiger charge is -2.22. The van der Waals surface area contributed by atoms with E-state index in [4.69, 9.17) is 0 Å². The predicted octanol–water partition coefficient (Wildman–Crippen LogP) is 2.98. The average Bonchev–Trinajstić information content (AvgIpc) is 3.15. The van der Waals surface area contributed by atoms with Gasteiger partial charge in [-0.1, -0.05) is 38.1 Å². The molecule has 7 heteroatoms. The van der Waals surface area contributed by atoms with Crippen LogP contribution in [0, 0.1) is 0 Å². The monoisotopic (exact) mass is 419 g/mol. The lowest BCUT2D eigenvalue weighted by atomic mass is 9.90. The van der Waals surface area contributed by atoms with Gasteiger partial charge in [0.1, 0.15) is 5.54 Å². The maximum absolute atomic E-state index is 13.1. The van der Waals surface area contributed by atoms with Crippen molar-refractivity contribution >= 4 is 29.3 Å². The first kappa shape index (κ1) is 20.8. The maximum Gasteiger partial charge on any atom is 0.325 e. The van der Waals surface area contributed by atoms with Crippen LogP contribution >= 0.6 is 0 Å². The molecular formula is C24H25N3O4. The number of Topliss-reactive ketones (excluding diaryl/α,β-unsaturated/α-hetero) is 1. The number of anilines is 1. The molecule has 1 N–H and O–H groups in total. The highest BCUT2D eigenvalue weighted by atomic mass is 16.2. The second kappa shape index (κ2) is 7.34. The molecule has 0 unspecified atom stereocenters. The van der Waals surface area contributed by atoms with E-state index in [2.05, 4.69) is 19.2 Å². The molecule has 31 heavy (non-hydrogen) atoms. The van der Waals surface area contributed by atoms with Crippen molar-refractivity contribution in [1.29, 1.82) is 0 Å². The van der Waals surface area contributed by atoms with Gasteiger partial charge in [-0.2, -0.15) is 0 Å². The number of fused-ring (bicyclic) bond motifs is 1. The molecule has 0 saturated carbocycles. The highest BCUT2D eigenvalue weighted by molar-refractivity contribution is 6.11. The number of nitrogens with zero attached hydrogens (tertiary/aromatic N) is 2. The number of hydrogen-bond acceptors (Lipinski definition) is 4. The highest BCUT2D eigenvalue weighted by Gasteiger charge is 2.49. The molecule has 0 aromatic heterocycles. The number of ketones is 1. The van der Waals surface area contributed by atoms with E-state index in [-0.39, 0.29) is 24.7 Å². The Balaban J connectivity index is 1.54. The molecule has 2 heterocycles. The summed E-state index contributed by atoms with van der Waals surface area (Å²) in [7, 11) is 1.69. The summed E-state index contributed by atoms with van der Waals surface area (Å²) in [6.07, 6.45) is 0.237. The van der Waals surface area contributed by atoms with Gasteiger partial charge in [0.2, 0.25) is 5.91 Å². The van der Waals surface area contributed by atoms with Crippen molar-refractivity contribution in [1.82, 2.24) is 10.2 Å². The lowest BCUT2D eigenvalue weighted by Crippen LogP contribution is -2.41. The van der Waals surface area contributed by atoms with E-state index in [1.165, 1.54) is 0 Å². The van der Waals surface area contributed by atoms with Crippen LogP contribution in [0.5, 0.6) is 0 Å². The molecule has 4 rings (SSSR count). The van der Waals surface area contributed by atoms with Crippen LogP contribution in [0.25, 0.3) is 0 Å². The van der Waals surface area contributed by atoms with Gasteiger partial charge in [0, 0.05) is 18.3 Å². The molecule has 0 bridgehead atoms. The summed E-state index contributed by atoms with van der Waals surface area (Å²) in [5.41, 5.74) is 2.50. The number of urea groups is 1. The number of carbonyl (C=O) groups is 4. The van der Waals surface area contributed by atoms with Crippen molar-refractivity contribution in [3.8, 4) is 0 Å². The normalized spacial score (nSPS) is 20.5. The van der Waals surface area contributed by atoms with Crippen LogP contribution in [0.2, 0.25) is 0 Å². The fourth-order valence-electron chi connectivity index (χ4n) is 4.12. The Hall–Kier alpha value is -3.48. The molecule has 4 amide bonds. The number of amides is 4. The molecule has 160 valence electrons. The Morgan fingerprint density at radius 1 is 1.10 bits per heavy atom. The SMILES string of the molecule is CC(C)c1ccc([C@]2(C)NC(=O)N(CC(=O)c3ccc4c(c3)CC(=O)N4C)C2=O)cc1. The van der Waals surface area contributed by atoms with E-state index < -0.39 is 17.5 Å². The van der Waals surface area contributed by atoms with Crippen molar-refractivity contribution in [2.75, 3.05) is 18.5 Å². The van der Waals surface area contributed by atoms with E-state index in [9.17, 15) is 19.2 Å². The van der Waals surface area contributed by atoms with Crippen LogP contribution in [0.3, 0.4) is 0 Å². The Bertz CT molecular complexity index is 1110. The number of rotatable bonds is 5. The molecule has 1 fully saturated rings. The minimum atomic E-state index is -1.22. The van der Waals surface area contributed by atoms with Gasteiger partial charge in [-0.15, -0.1) is 0 Å². The quantitative estimate of drug-likeness (QED) is 0.596. The molecule has 0 spiro atoms. The largest absolute Gasteiger partial charge is 0.325 e. The van der Waals surface area contributed by atoms with Crippen LogP contribution in [0.1, 0.15) is 53.7 Å². The summed E-state index contributed by atoms with van der Waals surface area (Å²) in [5.74, 6) is -0.493. The summed E-state index contributed by atoms with van der Waals surface area (Å²) in [4.78, 5) is 53.0. The summed E-state index contributed by atoms with van der Waals surface area (Å²) < 4.78 is 0. The Morgan fingerprint density at radius 2 is 1.77 bits per heavy atom. The third-order valence-electron chi connectivity index (χ3n) is 6.21. The summed E-state index contributed by atoms with van der Waals surface area (Å²) in [5, 5.41) is 2.74. The van der Waals surface area contributed by atoms with Crippen LogP contribution < -0.4 is 10.2 Å². The smallest absolute Gasteiger partial charge is 0.319 e.